The van der Waals surface area contributed by atoms with Crippen LogP contribution in [0.1, 0.15) is 29.7 Å². The number of hydrogen-bond acceptors (Lipinski definition) is 1. The maximum Gasteiger partial charge on any atom is 0.0525 e. The summed E-state index contributed by atoms with van der Waals surface area (Å²) in [4.78, 5) is 4.47. The smallest absolute Gasteiger partial charge is 0.0525 e. The molecule has 0 amide bonds. The highest BCUT2D eigenvalue weighted by atomic mass is 14.7. The predicted molar refractivity (Wildman–Crippen MR) is 58.0 cm³/mol. The lowest BCUT2D eigenvalue weighted by Crippen LogP contribution is -1.92. The fourth-order valence-corrected chi connectivity index (χ4v) is 2.51. The third-order valence-electron chi connectivity index (χ3n) is 3.17. The summed E-state index contributed by atoms with van der Waals surface area (Å²) in [5.74, 6) is 0. The Morgan fingerprint density at radius 1 is 1.36 bits per heavy atom. The summed E-state index contributed by atoms with van der Waals surface area (Å²) in [5, 5.41) is 0. The van der Waals surface area contributed by atoms with Crippen molar-refractivity contribution in [3.63, 3.8) is 0 Å². The van der Waals surface area contributed by atoms with Gasteiger partial charge in [0.15, 0.2) is 0 Å². The van der Waals surface area contributed by atoms with Gasteiger partial charge in [-0.25, -0.2) is 0 Å². The summed E-state index contributed by atoms with van der Waals surface area (Å²) in [5.41, 5.74) is 7.14. The van der Waals surface area contributed by atoms with Crippen molar-refractivity contribution in [3.05, 3.63) is 46.8 Å². The highest BCUT2D eigenvalue weighted by Gasteiger charge is 2.23. The van der Waals surface area contributed by atoms with Gasteiger partial charge in [-0.1, -0.05) is 12.2 Å². The summed E-state index contributed by atoms with van der Waals surface area (Å²) >= 11 is 0. The minimum atomic E-state index is 1.04. The van der Waals surface area contributed by atoms with E-state index in [-0.39, 0.29) is 0 Å². The summed E-state index contributed by atoms with van der Waals surface area (Å²) in [6.07, 6.45) is 9.91. The van der Waals surface area contributed by atoms with Gasteiger partial charge >= 0.3 is 0 Å². The second-order valence-electron chi connectivity index (χ2n) is 4.07. The first-order valence-corrected chi connectivity index (χ1v) is 5.19. The average Bonchev–Trinajstić information content (AvgIpc) is 2.57. The van der Waals surface area contributed by atoms with Crippen LogP contribution in [0.2, 0.25) is 0 Å². The van der Waals surface area contributed by atoms with Crippen LogP contribution in [0.4, 0.5) is 0 Å². The van der Waals surface area contributed by atoms with Gasteiger partial charge in [0.05, 0.1) is 5.69 Å². The molecule has 0 spiro atoms. The fraction of sp³-hybridized carbons (Fsp3) is 0.308. The van der Waals surface area contributed by atoms with E-state index in [4.69, 9.17) is 0 Å². The van der Waals surface area contributed by atoms with Crippen LogP contribution in [0.5, 0.6) is 0 Å². The van der Waals surface area contributed by atoms with Gasteiger partial charge in [0.25, 0.3) is 0 Å². The Hall–Kier alpha value is -1.37. The zero-order valence-electron chi connectivity index (χ0n) is 8.38. The molecule has 0 radical (unpaired) electrons. The maximum atomic E-state index is 4.47. The molecule has 0 atom stereocenters. The predicted octanol–water partition coefficient (Wildman–Crippen LogP) is 3.05. The minimum Gasteiger partial charge on any atom is -0.260 e. The van der Waals surface area contributed by atoms with E-state index in [1.54, 1.807) is 5.57 Å². The van der Waals surface area contributed by atoms with Crippen LogP contribution in [-0.4, -0.2) is 4.98 Å². The van der Waals surface area contributed by atoms with Gasteiger partial charge in [-0.05, 0) is 42.5 Å². The van der Waals surface area contributed by atoms with Crippen LogP contribution in [0, 0.1) is 6.92 Å². The molecule has 1 heterocycles. The maximum absolute atomic E-state index is 4.47. The van der Waals surface area contributed by atoms with Crippen molar-refractivity contribution < 1.29 is 0 Å². The molecule has 0 unspecified atom stereocenters. The highest BCUT2D eigenvalue weighted by molar-refractivity contribution is 5.80. The number of nitrogens with zero attached hydrogens (tertiary/aromatic N) is 1. The summed E-state index contributed by atoms with van der Waals surface area (Å²) in [6, 6.07) is 2.12. The number of rotatable bonds is 0. The summed E-state index contributed by atoms with van der Waals surface area (Å²) in [7, 11) is 0. The van der Waals surface area contributed by atoms with Gasteiger partial charge in [-0.3, -0.25) is 4.98 Å². The Morgan fingerprint density at radius 3 is 3.21 bits per heavy atom. The zero-order chi connectivity index (χ0) is 9.54. The third kappa shape index (κ3) is 0.985. The number of pyridine rings is 1. The summed E-state index contributed by atoms with van der Waals surface area (Å²) < 4.78 is 0. The van der Waals surface area contributed by atoms with E-state index in [0.29, 0.717) is 0 Å². The molecule has 0 fully saturated rings. The molecule has 3 rings (SSSR count). The van der Waals surface area contributed by atoms with Gasteiger partial charge in [0.1, 0.15) is 0 Å². The topological polar surface area (TPSA) is 12.9 Å². The molecule has 0 bridgehead atoms. The monoisotopic (exact) mass is 183 g/mol. The van der Waals surface area contributed by atoms with Crippen LogP contribution >= 0.6 is 0 Å². The van der Waals surface area contributed by atoms with Crippen LogP contribution < -0.4 is 0 Å². The molecule has 1 aromatic heterocycles. The molecule has 1 nitrogen and oxygen atoms in total. The van der Waals surface area contributed by atoms with Gasteiger partial charge in [-0.2, -0.15) is 0 Å². The van der Waals surface area contributed by atoms with Crippen molar-refractivity contribution in [3.8, 4) is 0 Å². The van der Waals surface area contributed by atoms with Crippen molar-refractivity contribution in [1.29, 1.82) is 0 Å². The first-order valence-electron chi connectivity index (χ1n) is 5.19. The van der Waals surface area contributed by atoms with E-state index in [9.17, 15) is 0 Å². The van der Waals surface area contributed by atoms with E-state index in [2.05, 4.69) is 30.1 Å². The number of aryl methyl sites for hydroxylation is 1. The van der Waals surface area contributed by atoms with Gasteiger partial charge < -0.3 is 0 Å². The second kappa shape index (κ2) is 2.81. The Bertz CT molecular complexity index is 452. The molecule has 2 aliphatic rings. The molecule has 14 heavy (non-hydrogen) atoms. The van der Waals surface area contributed by atoms with Crippen LogP contribution in [0.3, 0.4) is 0 Å². The molecule has 0 aliphatic heterocycles. The zero-order valence-corrected chi connectivity index (χ0v) is 8.38. The number of fused-ring (bicyclic) bond motifs is 2. The lowest BCUT2D eigenvalue weighted by atomic mass is 9.95. The van der Waals surface area contributed by atoms with Gasteiger partial charge in [0, 0.05) is 18.2 Å². The second-order valence-corrected chi connectivity index (χ2v) is 4.07. The SMILES string of the molecule is Cc1ccnc2c1C1=C(C=CCC1)C2. The average molecular weight is 183 g/mol. The first kappa shape index (κ1) is 7.98. The molecule has 70 valence electrons. The van der Waals surface area contributed by atoms with E-state index in [1.165, 1.54) is 35.2 Å². The molecule has 2 aliphatic carbocycles. The molecule has 1 aromatic rings. The third-order valence-corrected chi connectivity index (χ3v) is 3.17. The van der Waals surface area contributed by atoms with Crippen LogP contribution in [0.25, 0.3) is 5.57 Å². The highest BCUT2D eigenvalue weighted by Crippen LogP contribution is 2.39. The number of hydrogen-bond donors (Lipinski definition) is 0. The summed E-state index contributed by atoms with van der Waals surface area (Å²) in [6.45, 7) is 2.19. The molecule has 0 saturated heterocycles. The van der Waals surface area contributed by atoms with Crippen molar-refractivity contribution in [2.75, 3.05) is 0 Å². The molecule has 1 heteroatoms. The van der Waals surface area contributed by atoms with Gasteiger partial charge in [0.2, 0.25) is 0 Å². The fourth-order valence-electron chi connectivity index (χ4n) is 2.51. The van der Waals surface area contributed by atoms with Crippen LogP contribution in [0.15, 0.2) is 30.0 Å². The Labute approximate surface area is 84.2 Å². The number of aromatic nitrogens is 1. The van der Waals surface area contributed by atoms with E-state index >= 15 is 0 Å². The molecular weight excluding hydrogens is 170 g/mol. The first-order chi connectivity index (χ1) is 6.86. The van der Waals surface area contributed by atoms with Crippen molar-refractivity contribution >= 4 is 5.57 Å². The molecular formula is C13H13N. The standard InChI is InChI=1S/C13H13N/c1-9-6-7-14-12-8-10-4-2-3-5-11(10)13(9)12/h2,4,6-7H,3,5,8H2,1H3. The van der Waals surface area contributed by atoms with Crippen molar-refractivity contribution in [2.24, 2.45) is 0 Å². The minimum absolute atomic E-state index is 1.04. The number of allylic oxidation sites excluding steroid dienone is 4. The molecule has 0 N–H and O–H groups in total. The largest absolute Gasteiger partial charge is 0.260 e. The Morgan fingerprint density at radius 2 is 2.29 bits per heavy atom. The van der Waals surface area contributed by atoms with Crippen LogP contribution in [-0.2, 0) is 6.42 Å². The normalized spacial score (nSPS) is 18.4. The van der Waals surface area contributed by atoms with E-state index in [0.717, 1.165) is 6.42 Å². The lowest BCUT2D eigenvalue weighted by molar-refractivity contribution is 1.04. The quantitative estimate of drug-likeness (QED) is 0.602. The molecule has 0 saturated carbocycles. The Kier molecular flexibility index (Phi) is 1.60. The van der Waals surface area contributed by atoms with Crippen molar-refractivity contribution in [1.82, 2.24) is 4.98 Å². The lowest BCUT2D eigenvalue weighted by Gasteiger charge is -2.10. The Balaban J connectivity index is 2.22. The van der Waals surface area contributed by atoms with Gasteiger partial charge in [-0.15, -0.1) is 0 Å². The van der Waals surface area contributed by atoms with Crippen molar-refractivity contribution in [2.45, 2.75) is 26.2 Å². The molecule has 0 aromatic carbocycles. The van der Waals surface area contributed by atoms with E-state index in [1.807, 2.05) is 6.20 Å². The van der Waals surface area contributed by atoms with E-state index < -0.39 is 0 Å².